The van der Waals surface area contributed by atoms with Gasteiger partial charge in [0.15, 0.2) is 0 Å². The number of fused-ring (bicyclic) bond motifs is 1. The standard InChI is InChI=1S/C17H17N3O2/c1-12-4-2-6-14(10-12)22-9-8-18-17(21)15-7-3-5-13-11-19-20-16(13)15/h2-7,10-11H,8-9H2,1H3,(H,18,21)(H,19,20). The topological polar surface area (TPSA) is 67.0 Å². The number of aromatic amines is 1. The van der Waals surface area contributed by atoms with Gasteiger partial charge in [-0.25, -0.2) is 0 Å². The number of aryl methyl sites for hydroxylation is 1. The molecule has 2 aromatic carbocycles. The summed E-state index contributed by atoms with van der Waals surface area (Å²) in [6, 6.07) is 13.4. The minimum atomic E-state index is -0.136. The van der Waals surface area contributed by atoms with Gasteiger partial charge in [-0.1, -0.05) is 24.3 Å². The molecule has 1 aromatic heterocycles. The number of hydrogen-bond donors (Lipinski definition) is 2. The summed E-state index contributed by atoms with van der Waals surface area (Å²) in [6.07, 6.45) is 1.70. The van der Waals surface area contributed by atoms with Gasteiger partial charge in [-0.3, -0.25) is 9.89 Å². The van der Waals surface area contributed by atoms with Crippen LogP contribution in [-0.2, 0) is 0 Å². The van der Waals surface area contributed by atoms with E-state index in [1.165, 1.54) is 0 Å². The number of carbonyl (C=O) groups is 1. The summed E-state index contributed by atoms with van der Waals surface area (Å²) in [5.41, 5.74) is 2.48. The van der Waals surface area contributed by atoms with Crippen molar-refractivity contribution in [2.45, 2.75) is 6.92 Å². The second-order valence-corrected chi connectivity index (χ2v) is 5.06. The molecule has 3 rings (SSSR count). The molecule has 1 amide bonds. The van der Waals surface area contributed by atoms with E-state index in [1.54, 1.807) is 12.3 Å². The number of aromatic nitrogens is 2. The molecule has 0 unspecified atom stereocenters. The number of para-hydroxylation sites is 1. The van der Waals surface area contributed by atoms with Crippen molar-refractivity contribution >= 4 is 16.8 Å². The Bertz CT molecular complexity index is 795. The number of amides is 1. The molecular weight excluding hydrogens is 278 g/mol. The van der Waals surface area contributed by atoms with Crippen LogP contribution in [0.15, 0.2) is 48.7 Å². The molecular formula is C17H17N3O2. The van der Waals surface area contributed by atoms with Gasteiger partial charge in [-0.15, -0.1) is 0 Å². The predicted molar refractivity (Wildman–Crippen MR) is 85.1 cm³/mol. The first-order valence-electron chi connectivity index (χ1n) is 7.14. The monoisotopic (exact) mass is 295 g/mol. The Morgan fingerprint density at radius 2 is 2.14 bits per heavy atom. The van der Waals surface area contributed by atoms with Gasteiger partial charge in [-0.05, 0) is 30.7 Å². The normalized spacial score (nSPS) is 10.6. The van der Waals surface area contributed by atoms with Crippen LogP contribution in [0.5, 0.6) is 5.75 Å². The summed E-state index contributed by atoms with van der Waals surface area (Å²) < 4.78 is 5.61. The van der Waals surface area contributed by atoms with Gasteiger partial charge in [0.2, 0.25) is 0 Å². The summed E-state index contributed by atoms with van der Waals surface area (Å²) in [5, 5.41) is 10.6. The number of H-pyrrole nitrogens is 1. The number of nitrogens with zero attached hydrogens (tertiary/aromatic N) is 1. The maximum absolute atomic E-state index is 12.2. The molecule has 0 aliphatic rings. The first kappa shape index (κ1) is 14.1. The second kappa shape index (κ2) is 6.30. The largest absolute Gasteiger partial charge is 0.492 e. The van der Waals surface area contributed by atoms with Crippen molar-refractivity contribution in [2.24, 2.45) is 0 Å². The van der Waals surface area contributed by atoms with Crippen molar-refractivity contribution in [3.05, 3.63) is 59.8 Å². The first-order valence-corrected chi connectivity index (χ1v) is 7.14. The first-order chi connectivity index (χ1) is 10.7. The maximum atomic E-state index is 12.2. The second-order valence-electron chi connectivity index (χ2n) is 5.06. The van der Waals surface area contributed by atoms with Crippen LogP contribution in [0, 0.1) is 6.92 Å². The van der Waals surface area contributed by atoms with E-state index in [1.807, 2.05) is 43.3 Å². The Kier molecular flexibility index (Phi) is 4.05. The van der Waals surface area contributed by atoms with Gasteiger partial charge in [0.1, 0.15) is 12.4 Å². The van der Waals surface area contributed by atoms with E-state index in [0.717, 1.165) is 22.2 Å². The summed E-state index contributed by atoms with van der Waals surface area (Å²) >= 11 is 0. The van der Waals surface area contributed by atoms with Crippen molar-refractivity contribution < 1.29 is 9.53 Å². The minimum absolute atomic E-state index is 0.136. The van der Waals surface area contributed by atoms with E-state index in [-0.39, 0.29) is 5.91 Å². The minimum Gasteiger partial charge on any atom is -0.492 e. The average Bonchev–Trinajstić information content (AvgIpc) is 3.00. The molecule has 22 heavy (non-hydrogen) atoms. The molecule has 3 aromatic rings. The number of benzene rings is 2. The number of carbonyl (C=O) groups excluding carboxylic acids is 1. The van der Waals surface area contributed by atoms with Crippen molar-refractivity contribution in [1.29, 1.82) is 0 Å². The molecule has 0 aliphatic carbocycles. The van der Waals surface area contributed by atoms with Gasteiger partial charge >= 0.3 is 0 Å². The predicted octanol–water partition coefficient (Wildman–Crippen LogP) is 2.68. The Hall–Kier alpha value is -2.82. The van der Waals surface area contributed by atoms with E-state index in [4.69, 9.17) is 4.74 Å². The third kappa shape index (κ3) is 3.09. The van der Waals surface area contributed by atoms with E-state index < -0.39 is 0 Å². The molecule has 1 heterocycles. The number of hydrogen-bond acceptors (Lipinski definition) is 3. The highest BCUT2D eigenvalue weighted by Gasteiger charge is 2.10. The molecule has 5 heteroatoms. The maximum Gasteiger partial charge on any atom is 0.253 e. The molecule has 0 aliphatic heterocycles. The van der Waals surface area contributed by atoms with E-state index in [2.05, 4.69) is 15.5 Å². The lowest BCUT2D eigenvalue weighted by atomic mass is 10.1. The molecule has 0 bridgehead atoms. The highest BCUT2D eigenvalue weighted by Crippen LogP contribution is 2.15. The molecule has 0 radical (unpaired) electrons. The highest BCUT2D eigenvalue weighted by molar-refractivity contribution is 6.05. The van der Waals surface area contributed by atoms with Crippen LogP contribution in [0.1, 0.15) is 15.9 Å². The van der Waals surface area contributed by atoms with Crippen molar-refractivity contribution in [1.82, 2.24) is 15.5 Å². The molecule has 0 saturated heterocycles. The SMILES string of the molecule is Cc1cccc(OCCNC(=O)c2cccc3cn[nH]c23)c1. The van der Waals surface area contributed by atoms with Gasteiger partial charge < -0.3 is 10.1 Å². The smallest absolute Gasteiger partial charge is 0.253 e. The Labute approximate surface area is 128 Å². The quantitative estimate of drug-likeness (QED) is 0.711. The fourth-order valence-electron chi connectivity index (χ4n) is 2.29. The molecule has 0 spiro atoms. The van der Waals surface area contributed by atoms with Crippen LogP contribution >= 0.6 is 0 Å². The fourth-order valence-corrected chi connectivity index (χ4v) is 2.29. The van der Waals surface area contributed by atoms with Crippen molar-refractivity contribution in [3.8, 4) is 5.75 Å². The van der Waals surface area contributed by atoms with E-state index in [9.17, 15) is 4.79 Å². The third-order valence-corrected chi connectivity index (χ3v) is 3.37. The summed E-state index contributed by atoms with van der Waals surface area (Å²) in [5.74, 6) is 0.674. The van der Waals surface area contributed by atoms with E-state index in [0.29, 0.717) is 18.7 Å². The van der Waals surface area contributed by atoms with Crippen LogP contribution in [0.25, 0.3) is 10.9 Å². The van der Waals surface area contributed by atoms with Crippen LogP contribution in [0.2, 0.25) is 0 Å². The molecule has 2 N–H and O–H groups in total. The van der Waals surface area contributed by atoms with Crippen LogP contribution < -0.4 is 10.1 Å². The summed E-state index contributed by atoms with van der Waals surface area (Å²) in [7, 11) is 0. The molecule has 112 valence electrons. The van der Waals surface area contributed by atoms with E-state index >= 15 is 0 Å². The zero-order valence-electron chi connectivity index (χ0n) is 12.3. The lowest BCUT2D eigenvalue weighted by Crippen LogP contribution is -2.28. The zero-order valence-corrected chi connectivity index (χ0v) is 12.3. The lowest BCUT2D eigenvalue weighted by molar-refractivity contribution is 0.0948. The van der Waals surface area contributed by atoms with Gasteiger partial charge in [-0.2, -0.15) is 5.10 Å². The number of ether oxygens (including phenoxy) is 1. The number of nitrogens with one attached hydrogen (secondary N) is 2. The average molecular weight is 295 g/mol. The van der Waals surface area contributed by atoms with Gasteiger partial charge in [0, 0.05) is 5.39 Å². The van der Waals surface area contributed by atoms with Crippen LogP contribution in [0.4, 0.5) is 0 Å². The Morgan fingerprint density at radius 1 is 1.27 bits per heavy atom. The number of rotatable bonds is 5. The van der Waals surface area contributed by atoms with Crippen molar-refractivity contribution in [3.63, 3.8) is 0 Å². The van der Waals surface area contributed by atoms with Gasteiger partial charge in [0.25, 0.3) is 5.91 Å². The summed E-state index contributed by atoms with van der Waals surface area (Å²) in [6.45, 7) is 2.88. The zero-order chi connectivity index (χ0) is 15.4. The summed E-state index contributed by atoms with van der Waals surface area (Å²) in [4.78, 5) is 12.2. The molecule has 0 atom stereocenters. The Balaban J connectivity index is 1.55. The van der Waals surface area contributed by atoms with Crippen LogP contribution in [0.3, 0.4) is 0 Å². The highest BCUT2D eigenvalue weighted by atomic mass is 16.5. The van der Waals surface area contributed by atoms with Crippen LogP contribution in [-0.4, -0.2) is 29.3 Å². The van der Waals surface area contributed by atoms with Gasteiger partial charge in [0.05, 0.1) is 23.8 Å². The lowest BCUT2D eigenvalue weighted by Gasteiger charge is -2.08. The molecule has 5 nitrogen and oxygen atoms in total. The molecule has 0 fully saturated rings. The molecule has 0 saturated carbocycles. The third-order valence-electron chi connectivity index (χ3n) is 3.37. The van der Waals surface area contributed by atoms with Crippen molar-refractivity contribution in [2.75, 3.05) is 13.2 Å². The Morgan fingerprint density at radius 3 is 3.00 bits per heavy atom. The fraction of sp³-hybridized carbons (Fsp3) is 0.176.